The Balaban J connectivity index is 0.000000502. The first kappa shape index (κ1) is 79.2. The largest absolute Gasteiger partial charge is 0.573 e. The number of alkyl halides is 3. The van der Waals surface area contributed by atoms with E-state index >= 15 is 0 Å². The van der Waals surface area contributed by atoms with Gasteiger partial charge in [-0.25, -0.2) is 61.5 Å². The van der Waals surface area contributed by atoms with E-state index < -0.39 is 81.7 Å². The fraction of sp³-hybridized carbons (Fsp3) is 0.217. The second kappa shape index (κ2) is 37.9. The van der Waals surface area contributed by atoms with Crippen LogP contribution in [0.3, 0.4) is 0 Å². The lowest BCUT2D eigenvalue weighted by Crippen LogP contribution is -2.17. The lowest BCUT2D eigenvalue weighted by molar-refractivity contribution is -0.274. The van der Waals surface area contributed by atoms with Crippen LogP contribution in [-0.4, -0.2) is 6.36 Å². The Morgan fingerprint density at radius 1 is 0.258 bits per heavy atom. The maximum Gasteiger partial charge on any atom is 0.573 e. The number of para-hydroxylation sites is 1. The average molecular weight is 1300 g/mol. The number of hydrogen-bond acceptors (Lipinski definition) is 1. The highest BCUT2D eigenvalue weighted by molar-refractivity contribution is 6.31. The van der Waals surface area contributed by atoms with E-state index in [9.17, 15) is 74.6 Å². The van der Waals surface area contributed by atoms with Crippen molar-refractivity contribution in [2.45, 2.75) is 103 Å². The SMILES string of the molecule is Cc1c(C)c(C)c(C)c(C)c1C.Cc1c(F)c(F)c(F)c(F)c1F.Cc1c(F)cc(F)cc1F.Cc1c(F)cccc1Cl.Cc1c(F)cccc1F.Cc1ccc(F)cc1F.Cc1ccccc1Cl.Cc1ccccc1F.Cc1ccccc1OC(F)(F)F. The summed E-state index contributed by atoms with van der Waals surface area (Å²) in [6.07, 6.45) is -4.61. The Hall–Kier alpha value is -7.83. The summed E-state index contributed by atoms with van der Waals surface area (Å²) in [4.78, 5) is 0. The summed E-state index contributed by atoms with van der Waals surface area (Å²) >= 11 is 11.3. The van der Waals surface area contributed by atoms with Crippen LogP contribution in [0, 0.1) is 178 Å². The second-order valence-corrected chi connectivity index (χ2v) is 20.2. The summed E-state index contributed by atoms with van der Waals surface area (Å²) in [6, 6.07) is 33.7. The zero-order valence-electron chi connectivity index (χ0n) is 50.9. The van der Waals surface area contributed by atoms with Crippen LogP contribution in [0.1, 0.15) is 77.9 Å². The van der Waals surface area contributed by atoms with E-state index in [2.05, 4.69) is 46.3 Å². The molecule has 9 aromatic carbocycles. The summed E-state index contributed by atoms with van der Waals surface area (Å²) in [5.74, 6) is -14.6. The normalized spacial score (nSPS) is 10.1. The van der Waals surface area contributed by atoms with Gasteiger partial charge in [-0.05, 0) is 201 Å². The highest BCUT2D eigenvalue weighted by Gasteiger charge is 2.31. The quantitative estimate of drug-likeness (QED) is 0.0904. The molecule has 89 heavy (non-hydrogen) atoms. The predicted molar refractivity (Wildman–Crippen MR) is 320 cm³/mol. The minimum absolute atomic E-state index is 0.0810. The molecule has 0 aliphatic rings. The molecular formula is C69H65Cl2F17O. The van der Waals surface area contributed by atoms with E-state index in [1.54, 1.807) is 64.1 Å². The third-order valence-electron chi connectivity index (χ3n) is 13.1. The molecule has 0 saturated carbocycles. The van der Waals surface area contributed by atoms with E-state index in [1.165, 1.54) is 102 Å². The van der Waals surface area contributed by atoms with Gasteiger partial charge in [-0.15, -0.1) is 13.2 Å². The van der Waals surface area contributed by atoms with Crippen molar-refractivity contribution in [1.29, 1.82) is 0 Å². The van der Waals surface area contributed by atoms with Crippen molar-refractivity contribution in [3.8, 4) is 5.75 Å². The summed E-state index contributed by atoms with van der Waals surface area (Å²) in [7, 11) is 0. The molecule has 9 aromatic rings. The maximum absolute atomic E-state index is 12.5. The van der Waals surface area contributed by atoms with E-state index in [0.29, 0.717) is 39.4 Å². The molecular weight excluding hydrogens is 1240 g/mol. The molecule has 0 aromatic heterocycles. The van der Waals surface area contributed by atoms with Gasteiger partial charge in [-0.2, -0.15) is 0 Å². The number of ether oxygens (including phenoxy) is 1. The van der Waals surface area contributed by atoms with Gasteiger partial charge in [0.25, 0.3) is 0 Å². The van der Waals surface area contributed by atoms with E-state index in [4.69, 9.17) is 23.2 Å². The molecule has 0 amide bonds. The van der Waals surface area contributed by atoms with Crippen LogP contribution in [0.5, 0.6) is 5.75 Å². The summed E-state index contributed by atoms with van der Waals surface area (Å²) in [5.41, 5.74) is 11.1. The van der Waals surface area contributed by atoms with Crippen molar-refractivity contribution >= 4 is 23.2 Å². The lowest BCUT2D eigenvalue weighted by Gasteiger charge is -2.15. The van der Waals surface area contributed by atoms with Gasteiger partial charge in [0.2, 0.25) is 5.82 Å². The van der Waals surface area contributed by atoms with Crippen LogP contribution in [0.15, 0.2) is 140 Å². The zero-order chi connectivity index (χ0) is 68.4. The van der Waals surface area contributed by atoms with Gasteiger partial charge in [-0.1, -0.05) is 96.0 Å². The minimum atomic E-state index is -4.61. The monoisotopic (exact) mass is 1300 g/mol. The second-order valence-electron chi connectivity index (χ2n) is 19.3. The van der Waals surface area contributed by atoms with Gasteiger partial charge in [0.05, 0.1) is 0 Å². The van der Waals surface area contributed by atoms with E-state index in [0.717, 1.165) is 23.6 Å². The molecule has 0 radical (unpaired) electrons. The number of hydrogen-bond donors (Lipinski definition) is 0. The van der Waals surface area contributed by atoms with Crippen LogP contribution >= 0.6 is 23.2 Å². The van der Waals surface area contributed by atoms with Gasteiger partial charge < -0.3 is 4.74 Å². The number of halogens is 19. The molecule has 0 aliphatic heterocycles. The van der Waals surface area contributed by atoms with E-state index in [-0.39, 0.29) is 28.5 Å². The standard InChI is InChI=1S/C12H18.C8H7F3O.C7H6ClF.C7H7Cl.C7H3F5.C7H5F3.2C7H6F2.C7H7F/c1-7-8(2)10(4)12(6)11(5)9(7)3;1-6-4-2-3-5-7(6)12-8(9,10)11;1-5-6(8)3-2-4-7(5)9;1-6-4-2-3-5-7(6)8;1-2-3(8)5(10)7(12)6(11)4(2)9;1-4-6(9)2-5(8)3-7(4)10;1-5-2-3-6(8)4-7(5)9;1-5-6(8)3-2-4-7(5)9;1-6-4-2-3-5-7(6)8/h1-6H3;2-5H,1H3;2-4H,1H3;2-5H,1H3;1H3;2-3H,1H3;2*2-4H,1H3;2-5H,1H3. The molecule has 0 spiro atoms. The summed E-state index contributed by atoms with van der Waals surface area (Å²) in [6.45, 7) is 25.3. The zero-order valence-corrected chi connectivity index (χ0v) is 52.4. The van der Waals surface area contributed by atoms with Crippen molar-refractivity contribution in [2.75, 3.05) is 0 Å². The Morgan fingerprint density at radius 2 is 0.584 bits per heavy atom. The van der Waals surface area contributed by atoms with Crippen molar-refractivity contribution in [1.82, 2.24) is 0 Å². The lowest BCUT2D eigenvalue weighted by atomic mass is 9.90. The molecule has 1 nitrogen and oxygen atoms in total. The molecule has 0 bridgehead atoms. The highest BCUT2D eigenvalue weighted by Crippen LogP contribution is 2.27. The first-order chi connectivity index (χ1) is 41.3. The van der Waals surface area contributed by atoms with Gasteiger partial charge in [0.15, 0.2) is 23.3 Å². The highest BCUT2D eigenvalue weighted by atomic mass is 35.5. The van der Waals surface area contributed by atoms with Crippen molar-refractivity contribution in [3.05, 3.63) is 309 Å². The average Bonchev–Trinajstić information content (AvgIpc) is 3.51. The minimum Gasteiger partial charge on any atom is -0.406 e. The molecule has 0 aliphatic carbocycles. The number of aryl methyl sites for hydroxylation is 4. The molecule has 20 heteroatoms. The fourth-order valence-electron chi connectivity index (χ4n) is 6.64. The molecule has 0 saturated heterocycles. The first-order valence-corrected chi connectivity index (χ1v) is 27.1. The fourth-order valence-corrected chi connectivity index (χ4v) is 6.94. The third-order valence-corrected chi connectivity index (χ3v) is 13.9. The Kier molecular flexibility index (Phi) is 33.7. The Labute approximate surface area is 518 Å². The molecule has 0 N–H and O–H groups in total. The molecule has 480 valence electrons. The van der Waals surface area contributed by atoms with Crippen LogP contribution < -0.4 is 4.74 Å². The Morgan fingerprint density at radius 3 is 0.910 bits per heavy atom. The summed E-state index contributed by atoms with van der Waals surface area (Å²) < 4.78 is 211. The van der Waals surface area contributed by atoms with Gasteiger partial charge >= 0.3 is 6.36 Å². The van der Waals surface area contributed by atoms with E-state index in [1.807, 2.05) is 37.3 Å². The Bertz CT molecular complexity index is 3260. The van der Waals surface area contributed by atoms with Crippen molar-refractivity contribution < 1.29 is 79.4 Å². The smallest absolute Gasteiger partial charge is 0.406 e. The van der Waals surface area contributed by atoms with Crippen molar-refractivity contribution in [2.24, 2.45) is 0 Å². The molecule has 0 fully saturated rings. The summed E-state index contributed by atoms with van der Waals surface area (Å²) in [5, 5.41) is 1.32. The van der Waals surface area contributed by atoms with Gasteiger partial charge in [0.1, 0.15) is 58.1 Å². The van der Waals surface area contributed by atoms with Crippen LogP contribution in [0.4, 0.5) is 74.6 Å². The molecule has 0 unspecified atom stereocenters. The van der Waals surface area contributed by atoms with Crippen LogP contribution in [-0.2, 0) is 0 Å². The number of rotatable bonds is 1. The number of benzene rings is 9. The molecule has 0 atom stereocenters. The predicted octanol–water partition coefficient (Wildman–Crippen LogP) is 23.7. The molecule has 9 rings (SSSR count). The van der Waals surface area contributed by atoms with Crippen LogP contribution in [0.25, 0.3) is 0 Å². The first-order valence-electron chi connectivity index (χ1n) is 26.4. The van der Waals surface area contributed by atoms with Crippen molar-refractivity contribution in [3.63, 3.8) is 0 Å². The van der Waals surface area contributed by atoms with Gasteiger partial charge in [-0.3, -0.25) is 0 Å². The van der Waals surface area contributed by atoms with Gasteiger partial charge in [0, 0.05) is 50.5 Å². The topological polar surface area (TPSA) is 9.23 Å². The van der Waals surface area contributed by atoms with Crippen LogP contribution in [0.2, 0.25) is 10.0 Å². The maximum atomic E-state index is 12.5. The third kappa shape index (κ3) is 26.8. The molecule has 0 heterocycles.